The molecule has 0 aromatic carbocycles. The zero-order valence-electron chi connectivity index (χ0n) is 9.67. The van der Waals surface area contributed by atoms with E-state index in [2.05, 4.69) is 9.72 Å². The molecule has 4 nitrogen and oxygen atoms in total. The number of aromatic nitrogens is 1. The number of carbonyl (C=O) groups is 1. The lowest BCUT2D eigenvalue weighted by atomic mass is 10.1. The van der Waals surface area contributed by atoms with Gasteiger partial charge in [0.05, 0.1) is 18.7 Å². The number of anilines is 1. The number of carbonyl (C=O) groups excluding carboxylic acids is 1. The molecule has 0 radical (unpaired) electrons. The van der Waals surface area contributed by atoms with E-state index in [9.17, 15) is 13.6 Å². The van der Waals surface area contributed by atoms with Gasteiger partial charge < -0.3 is 10.5 Å². The first-order chi connectivity index (χ1) is 7.95. The highest BCUT2D eigenvalue weighted by Gasteiger charge is 2.18. The van der Waals surface area contributed by atoms with Gasteiger partial charge in [0.15, 0.2) is 0 Å². The Bertz CT molecular complexity index is 422. The van der Waals surface area contributed by atoms with Crippen LogP contribution in [-0.2, 0) is 16.0 Å². The molecule has 0 fully saturated rings. The molecule has 94 valence electrons. The van der Waals surface area contributed by atoms with Crippen LogP contribution in [-0.4, -0.2) is 17.6 Å². The zero-order chi connectivity index (χ0) is 13.0. The number of rotatable bonds is 4. The van der Waals surface area contributed by atoms with Gasteiger partial charge in [0.2, 0.25) is 0 Å². The van der Waals surface area contributed by atoms with Crippen molar-refractivity contribution < 1.29 is 18.3 Å². The summed E-state index contributed by atoms with van der Waals surface area (Å²) in [7, 11) is 0. The average molecular weight is 244 g/mol. The summed E-state index contributed by atoms with van der Waals surface area (Å²) in [5.41, 5.74) is 5.70. The second-order valence-electron chi connectivity index (χ2n) is 3.51. The molecular formula is C11H14F2N2O2. The smallest absolute Gasteiger partial charge is 0.311 e. The average Bonchev–Trinajstić information content (AvgIpc) is 2.23. The summed E-state index contributed by atoms with van der Waals surface area (Å²) in [4.78, 5) is 15.0. The second-order valence-corrected chi connectivity index (χ2v) is 3.51. The van der Waals surface area contributed by atoms with Crippen molar-refractivity contribution in [3.8, 4) is 0 Å². The van der Waals surface area contributed by atoms with Crippen LogP contribution < -0.4 is 5.73 Å². The molecule has 0 bridgehead atoms. The molecular weight excluding hydrogens is 230 g/mol. The number of nitrogen functional groups attached to an aromatic ring is 1. The molecule has 1 rings (SSSR count). The van der Waals surface area contributed by atoms with Crippen molar-refractivity contribution in [2.75, 3.05) is 12.3 Å². The van der Waals surface area contributed by atoms with Crippen LogP contribution in [0.25, 0.3) is 0 Å². The third-order valence-electron chi connectivity index (χ3n) is 2.22. The van der Waals surface area contributed by atoms with Crippen molar-refractivity contribution in [3.63, 3.8) is 0 Å². The summed E-state index contributed by atoms with van der Waals surface area (Å²) in [6.45, 7) is 3.43. The summed E-state index contributed by atoms with van der Waals surface area (Å²) < 4.78 is 30.2. The first-order valence-electron chi connectivity index (χ1n) is 5.15. The highest BCUT2D eigenvalue weighted by Crippen LogP contribution is 2.25. The van der Waals surface area contributed by atoms with Gasteiger partial charge in [0.25, 0.3) is 6.43 Å². The predicted molar refractivity (Wildman–Crippen MR) is 58.7 cm³/mol. The molecule has 0 atom stereocenters. The minimum atomic E-state index is -2.69. The van der Waals surface area contributed by atoms with Gasteiger partial charge in [0.1, 0.15) is 5.82 Å². The maximum absolute atomic E-state index is 12.7. The van der Waals surface area contributed by atoms with Gasteiger partial charge in [-0.05, 0) is 25.5 Å². The number of nitrogens with two attached hydrogens (primary N) is 1. The standard InChI is InChI=1S/C11H14F2N2O2/c1-3-17-9(16)5-8-7(10(12)13)4-6(2)11(14)15-8/h4,10H,3,5H2,1-2H3,(H2,14,15). The van der Waals surface area contributed by atoms with E-state index in [0.29, 0.717) is 5.56 Å². The van der Waals surface area contributed by atoms with Crippen molar-refractivity contribution in [2.45, 2.75) is 26.7 Å². The first-order valence-corrected chi connectivity index (χ1v) is 5.15. The van der Waals surface area contributed by atoms with Crippen LogP contribution >= 0.6 is 0 Å². The monoisotopic (exact) mass is 244 g/mol. The first kappa shape index (κ1) is 13.3. The molecule has 0 unspecified atom stereocenters. The van der Waals surface area contributed by atoms with Gasteiger partial charge in [0, 0.05) is 5.56 Å². The Labute approximate surface area is 97.8 Å². The summed E-state index contributed by atoms with van der Waals surface area (Å²) in [6, 6.07) is 1.25. The van der Waals surface area contributed by atoms with Gasteiger partial charge in [-0.3, -0.25) is 4.79 Å². The molecule has 0 amide bonds. The highest BCUT2D eigenvalue weighted by molar-refractivity contribution is 5.72. The van der Waals surface area contributed by atoms with Crippen LogP contribution in [0.3, 0.4) is 0 Å². The van der Waals surface area contributed by atoms with E-state index < -0.39 is 12.4 Å². The Balaban J connectivity index is 3.04. The lowest BCUT2D eigenvalue weighted by molar-refractivity contribution is -0.142. The maximum Gasteiger partial charge on any atom is 0.311 e. The lowest BCUT2D eigenvalue weighted by Gasteiger charge is -2.10. The van der Waals surface area contributed by atoms with Crippen molar-refractivity contribution >= 4 is 11.8 Å². The SMILES string of the molecule is CCOC(=O)Cc1nc(N)c(C)cc1C(F)F. The van der Waals surface area contributed by atoms with Gasteiger partial charge in [-0.2, -0.15) is 0 Å². The number of nitrogens with zero attached hydrogens (tertiary/aromatic N) is 1. The molecule has 0 aliphatic heterocycles. The summed E-state index contributed by atoms with van der Waals surface area (Å²) in [5, 5.41) is 0. The lowest BCUT2D eigenvalue weighted by Crippen LogP contribution is -2.12. The molecule has 0 aliphatic rings. The van der Waals surface area contributed by atoms with E-state index in [4.69, 9.17) is 5.73 Å². The summed E-state index contributed by atoms with van der Waals surface area (Å²) in [6.07, 6.45) is -2.98. The van der Waals surface area contributed by atoms with Crippen molar-refractivity contribution in [1.29, 1.82) is 0 Å². The second kappa shape index (κ2) is 5.56. The van der Waals surface area contributed by atoms with Gasteiger partial charge in [-0.1, -0.05) is 0 Å². The fourth-order valence-electron chi connectivity index (χ4n) is 1.37. The minimum absolute atomic E-state index is 0.0263. The zero-order valence-corrected chi connectivity index (χ0v) is 9.67. The fourth-order valence-corrected chi connectivity index (χ4v) is 1.37. The van der Waals surface area contributed by atoms with Gasteiger partial charge in [-0.15, -0.1) is 0 Å². The van der Waals surface area contributed by atoms with Crippen LogP contribution in [0.2, 0.25) is 0 Å². The molecule has 1 aromatic rings. The van der Waals surface area contributed by atoms with E-state index in [-0.39, 0.29) is 30.1 Å². The number of alkyl halides is 2. The van der Waals surface area contributed by atoms with Gasteiger partial charge in [-0.25, -0.2) is 13.8 Å². The molecule has 17 heavy (non-hydrogen) atoms. The van der Waals surface area contributed by atoms with E-state index in [1.54, 1.807) is 13.8 Å². The van der Waals surface area contributed by atoms with E-state index in [1.807, 2.05) is 0 Å². The molecule has 0 saturated carbocycles. The minimum Gasteiger partial charge on any atom is -0.466 e. The molecule has 2 N–H and O–H groups in total. The maximum atomic E-state index is 12.7. The highest BCUT2D eigenvalue weighted by atomic mass is 19.3. The number of aryl methyl sites for hydroxylation is 1. The third-order valence-corrected chi connectivity index (χ3v) is 2.22. The molecule has 1 heterocycles. The number of pyridine rings is 1. The Morgan fingerprint density at radius 2 is 2.24 bits per heavy atom. The van der Waals surface area contributed by atoms with Crippen molar-refractivity contribution in [1.82, 2.24) is 4.98 Å². The Hall–Kier alpha value is -1.72. The quantitative estimate of drug-likeness (QED) is 0.823. The molecule has 0 aliphatic carbocycles. The molecule has 0 spiro atoms. The molecule has 6 heteroatoms. The summed E-state index contributed by atoms with van der Waals surface area (Å²) >= 11 is 0. The largest absolute Gasteiger partial charge is 0.466 e. The normalized spacial score (nSPS) is 10.6. The van der Waals surface area contributed by atoms with Crippen LogP contribution in [0.1, 0.15) is 30.2 Å². The molecule has 1 aromatic heterocycles. The number of halogens is 2. The van der Waals surface area contributed by atoms with Crippen molar-refractivity contribution in [3.05, 3.63) is 22.9 Å². The Kier molecular flexibility index (Phi) is 4.37. The molecule has 0 saturated heterocycles. The van der Waals surface area contributed by atoms with Crippen LogP contribution in [0.15, 0.2) is 6.07 Å². The van der Waals surface area contributed by atoms with E-state index in [1.165, 1.54) is 6.07 Å². The predicted octanol–water partition coefficient (Wildman–Crippen LogP) is 2.02. The number of ether oxygens (including phenoxy) is 1. The topological polar surface area (TPSA) is 65.2 Å². The van der Waals surface area contributed by atoms with E-state index >= 15 is 0 Å². The number of hydrogen-bond donors (Lipinski definition) is 1. The number of esters is 1. The van der Waals surface area contributed by atoms with Crippen LogP contribution in [0.4, 0.5) is 14.6 Å². The van der Waals surface area contributed by atoms with Crippen LogP contribution in [0.5, 0.6) is 0 Å². The van der Waals surface area contributed by atoms with Gasteiger partial charge >= 0.3 is 5.97 Å². The van der Waals surface area contributed by atoms with E-state index in [0.717, 1.165) is 0 Å². The Morgan fingerprint density at radius 3 is 2.76 bits per heavy atom. The summed E-state index contributed by atoms with van der Waals surface area (Å²) in [5.74, 6) is -0.446. The third kappa shape index (κ3) is 3.37. The van der Waals surface area contributed by atoms with Crippen molar-refractivity contribution in [2.24, 2.45) is 0 Å². The fraction of sp³-hybridized carbons (Fsp3) is 0.455. The van der Waals surface area contributed by atoms with Crippen LogP contribution in [0, 0.1) is 6.92 Å². The Morgan fingerprint density at radius 1 is 1.59 bits per heavy atom. The number of hydrogen-bond acceptors (Lipinski definition) is 4.